The number of carbonyl (C=O) groups is 1. The quantitative estimate of drug-likeness (QED) is 0.720. The Morgan fingerprint density at radius 1 is 1.17 bits per heavy atom. The summed E-state index contributed by atoms with van der Waals surface area (Å²) in [6.45, 7) is 3.72. The van der Waals surface area contributed by atoms with Crippen LogP contribution < -0.4 is 10.2 Å². The molecule has 2 aromatic rings. The Morgan fingerprint density at radius 2 is 1.96 bits per heavy atom. The standard InChI is InChI=1S/C19H26N4O/c1-3-4-5-10-22-19(24)18-15-17(8-13-21-18)23(2)14-9-16-6-11-20-12-7-16/h6-8,11-13,15H,3-5,9-10,14H2,1-2H3,(H,22,24). The highest BCUT2D eigenvalue weighted by Crippen LogP contribution is 2.14. The molecule has 5 heteroatoms. The Labute approximate surface area is 144 Å². The molecule has 0 fully saturated rings. The predicted octanol–water partition coefficient (Wildman–Crippen LogP) is 3.08. The molecule has 24 heavy (non-hydrogen) atoms. The summed E-state index contributed by atoms with van der Waals surface area (Å²) >= 11 is 0. The van der Waals surface area contributed by atoms with Gasteiger partial charge in [-0.2, -0.15) is 0 Å². The van der Waals surface area contributed by atoms with Gasteiger partial charge >= 0.3 is 0 Å². The van der Waals surface area contributed by atoms with Crippen molar-refractivity contribution in [3.05, 3.63) is 54.1 Å². The van der Waals surface area contributed by atoms with Crippen molar-refractivity contribution in [1.82, 2.24) is 15.3 Å². The second-order valence-corrected chi connectivity index (χ2v) is 5.89. The van der Waals surface area contributed by atoms with Crippen molar-refractivity contribution >= 4 is 11.6 Å². The number of hydrogen-bond donors (Lipinski definition) is 1. The van der Waals surface area contributed by atoms with Crippen LogP contribution in [-0.4, -0.2) is 36.0 Å². The molecule has 2 rings (SSSR count). The third-order valence-electron chi connectivity index (χ3n) is 3.97. The molecule has 1 amide bonds. The summed E-state index contributed by atoms with van der Waals surface area (Å²) < 4.78 is 0. The van der Waals surface area contributed by atoms with E-state index in [1.54, 1.807) is 6.20 Å². The number of pyridine rings is 2. The lowest BCUT2D eigenvalue weighted by molar-refractivity contribution is 0.0948. The van der Waals surface area contributed by atoms with Gasteiger partial charge in [0.25, 0.3) is 5.91 Å². The second kappa shape index (κ2) is 9.65. The number of likely N-dealkylation sites (N-methyl/N-ethyl adjacent to an activating group) is 1. The fraction of sp³-hybridized carbons (Fsp3) is 0.421. The minimum Gasteiger partial charge on any atom is -0.374 e. The van der Waals surface area contributed by atoms with Crippen molar-refractivity contribution < 1.29 is 4.79 Å². The molecule has 128 valence electrons. The number of unbranched alkanes of at least 4 members (excludes halogenated alkanes) is 2. The lowest BCUT2D eigenvalue weighted by Crippen LogP contribution is -2.26. The first-order valence-electron chi connectivity index (χ1n) is 8.55. The molecule has 1 N–H and O–H groups in total. The Morgan fingerprint density at radius 3 is 2.71 bits per heavy atom. The summed E-state index contributed by atoms with van der Waals surface area (Å²) in [4.78, 5) is 22.5. The summed E-state index contributed by atoms with van der Waals surface area (Å²) in [5, 5.41) is 2.93. The van der Waals surface area contributed by atoms with Gasteiger partial charge in [0.15, 0.2) is 0 Å². The van der Waals surface area contributed by atoms with Crippen LogP contribution in [0.5, 0.6) is 0 Å². The summed E-state index contributed by atoms with van der Waals surface area (Å²) in [6, 6.07) is 7.83. The molecule has 0 radical (unpaired) electrons. The maximum absolute atomic E-state index is 12.2. The normalized spacial score (nSPS) is 10.4. The van der Waals surface area contributed by atoms with E-state index < -0.39 is 0 Å². The molecule has 0 aliphatic rings. The van der Waals surface area contributed by atoms with Crippen LogP contribution in [0.4, 0.5) is 5.69 Å². The fourth-order valence-corrected chi connectivity index (χ4v) is 2.42. The molecule has 0 saturated heterocycles. The minimum atomic E-state index is -0.101. The van der Waals surface area contributed by atoms with Gasteiger partial charge in [-0.3, -0.25) is 14.8 Å². The Hall–Kier alpha value is -2.43. The monoisotopic (exact) mass is 326 g/mol. The van der Waals surface area contributed by atoms with Gasteiger partial charge in [-0.1, -0.05) is 19.8 Å². The number of hydrogen-bond acceptors (Lipinski definition) is 4. The highest BCUT2D eigenvalue weighted by Gasteiger charge is 2.09. The van der Waals surface area contributed by atoms with E-state index in [1.165, 1.54) is 5.56 Å². The SMILES string of the molecule is CCCCCNC(=O)c1cc(N(C)CCc2ccncc2)ccn1. The number of carbonyl (C=O) groups excluding carboxylic acids is 1. The Balaban J connectivity index is 1.90. The van der Waals surface area contributed by atoms with Crippen LogP contribution >= 0.6 is 0 Å². The number of amides is 1. The average Bonchev–Trinajstić information content (AvgIpc) is 2.64. The zero-order valence-corrected chi connectivity index (χ0v) is 14.5. The molecule has 2 heterocycles. The van der Waals surface area contributed by atoms with Gasteiger partial charge in [-0.15, -0.1) is 0 Å². The summed E-state index contributed by atoms with van der Waals surface area (Å²) in [7, 11) is 2.03. The molecule has 2 aromatic heterocycles. The first-order valence-corrected chi connectivity index (χ1v) is 8.55. The van der Waals surface area contributed by atoms with E-state index in [1.807, 2.05) is 43.7 Å². The number of rotatable bonds is 9. The van der Waals surface area contributed by atoms with E-state index in [4.69, 9.17) is 0 Å². The van der Waals surface area contributed by atoms with Crippen LogP contribution in [0.1, 0.15) is 42.2 Å². The van der Waals surface area contributed by atoms with Crippen LogP contribution in [0.25, 0.3) is 0 Å². The second-order valence-electron chi connectivity index (χ2n) is 5.89. The fourth-order valence-electron chi connectivity index (χ4n) is 2.42. The molecule has 0 bridgehead atoms. The average molecular weight is 326 g/mol. The molecule has 0 aliphatic carbocycles. The van der Waals surface area contributed by atoms with Crippen molar-refractivity contribution in [3.8, 4) is 0 Å². The van der Waals surface area contributed by atoms with Crippen LogP contribution in [0, 0.1) is 0 Å². The molecule has 0 spiro atoms. The maximum Gasteiger partial charge on any atom is 0.269 e. The molecule has 0 atom stereocenters. The topological polar surface area (TPSA) is 58.1 Å². The van der Waals surface area contributed by atoms with Gasteiger partial charge in [-0.25, -0.2) is 0 Å². The van der Waals surface area contributed by atoms with Gasteiger partial charge in [0.1, 0.15) is 5.69 Å². The zero-order valence-electron chi connectivity index (χ0n) is 14.5. The number of nitrogens with one attached hydrogen (secondary N) is 1. The predicted molar refractivity (Wildman–Crippen MR) is 97.3 cm³/mol. The lowest BCUT2D eigenvalue weighted by atomic mass is 10.2. The summed E-state index contributed by atoms with van der Waals surface area (Å²) in [5.74, 6) is -0.101. The lowest BCUT2D eigenvalue weighted by Gasteiger charge is -2.19. The highest BCUT2D eigenvalue weighted by molar-refractivity contribution is 5.93. The molecule has 0 unspecified atom stereocenters. The van der Waals surface area contributed by atoms with Gasteiger partial charge in [0, 0.05) is 44.4 Å². The van der Waals surface area contributed by atoms with Crippen molar-refractivity contribution in [2.75, 3.05) is 25.0 Å². The number of nitrogens with zero attached hydrogens (tertiary/aromatic N) is 3. The number of anilines is 1. The minimum absolute atomic E-state index is 0.101. The van der Waals surface area contributed by atoms with Gasteiger partial charge in [-0.05, 0) is 42.7 Å². The van der Waals surface area contributed by atoms with Crippen LogP contribution in [0.15, 0.2) is 42.9 Å². The third-order valence-corrected chi connectivity index (χ3v) is 3.97. The van der Waals surface area contributed by atoms with E-state index in [9.17, 15) is 4.79 Å². The van der Waals surface area contributed by atoms with E-state index in [2.05, 4.69) is 27.1 Å². The molecule has 0 aliphatic heterocycles. The summed E-state index contributed by atoms with van der Waals surface area (Å²) in [6.07, 6.45) is 9.52. The molecule has 5 nitrogen and oxygen atoms in total. The van der Waals surface area contributed by atoms with Gasteiger partial charge < -0.3 is 10.2 Å². The molecule has 0 saturated carbocycles. The molecule has 0 aromatic carbocycles. The van der Waals surface area contributed by atoms with E-state index in [0.717, 1.165) is 37.9 Å². The van der Waals surface area contributed by atoms with Crippen molar-refractivity contribution in [1.29, 1.82) is 0 Å². The summed E-state index contributed by atoms with van der Waals surface area (Å²) in [5.41, 5.74) is 2.72. The zero-order chi connectivity index (χ0) is 17.2. The third kappa shape index (κ3) is 5.65. The van der Waals surface area contributed by atoms with Gasteiger partial charge in [0.05, 0.1) is 0 Å². The first-order chi connectivity index (χ1) is 11.7. The van der Waals surface area contributed by atoms with Crippen molar-refractivity contribution in [3.63, 3.8) is 0 Å². The van der Waals surface area contributed by atoms with Crippen LogP contribution in [-0.2, 0) is 6.42 Å². The Bertz CT molecular complexity index is 630. The Kier molecular flexibility index (Phi) is 7.21. The highest BCUT2D eigenvalue weighted by atomic mass is 16.1. The smallest absolute Gasteiger partial charge is 0.269 e. The van der Waals surface area contributed by atoms with Crippen molar-refractivity contribution in [2.24, 2.45) is 0 Å². The first kappa shape index (κ1) is 17.9. The van der Waals surface area contributed by atoms with Crippen molar-refractivity contribution in [2.45, 2.75) is 32.6 Å². The van der Waals surface area contributed by atoms with Gasteiger partial charge in [0.2, 0.25) is 0 Å². The van der Waals surface area contributed by atoms with Crippen LogP contribution in [0.2, 0.25) is 0 Å². The number of aromatic nitrogens is 2. The van der Waals surface area contributed by atoms with E-state index >= 15 is 0 Å². The maximum atomic E-state index is 12.2. The van der Waals surface area contributed by atoms with Crippen LogP contribution in [0.3, 0.4) is 0 Å². The largest absolute Gasteiger partial charge is 0.374 e. The molecular weight excluding hydrogens is 300 g/mol. The molecular formula is C19H26N4O. The van der Waals surface area contributed by atoms with E-state index in [0.29, 0.717) is 12.2 Å². The van der Waals surface area contributed by atoms with E-state index in [-0.39, 0.29) is 5.91 Å².